The summed E-state index contributed by atoms with van der Waals surface area (Å²) in [5.74, 6) is -1.64. The van der Waals surface area contributed by atoms with E-state index in [1.54, 1.807) is 6.07 Å². The van der Waals surface area contributed by atoms with Gasteiger partial charge in [-0.25, -0.2) is 8.78 Å². The van der Waals surface area contributed by atoms with Crippen LogP contribution in [0.1, 0.15) is 51.1 Å². The molecule has 2 N–H and O–H groups in total. The molecule has 2 rings (SSSR count). The Labute approximate surface area is 120 Å². The minimum Gasteiger partial charge on any atom is -0.322 e. The lowest BCUT2D eigenvalue weighted by atomic mass is 9.79. The lowest BCUT2D eigenvalue weighted by Crippen LogP contribution is -2.53. The molecule has 1 unspecified atom stereocenters. The Bertz CT molecular complexity index is 452. The number of nitrogens with zero attached hydrogens (tertiary/aromatic N) is 1. The third-order valence-electron chi connectivity index (χ3n) is 4.84. The SMILES string of the molecule is CCC(CC)(C(N)c1ccc(F)c(F)c1)N1CCCC1. The fourth-order valence-electron chi connectivity index (χ4n) is 3.51. The van der Waals surface area contributed by atoms with E-state index in [0.717, 1.165) is 25.9 Å². The summed E-state index contributed by atoms with van der Waals surface area (Å²) in [6, 6.07) is 3.73. The van der Waals surface area contributed by atoms with Crippen molar-refractivity contribution in [2.75, 3.05) is 13.1 Å². The summed E-state index contributed by atoms with van der Waals surface area (Å²) in [5.41, 5.74) is 6.98. The van der Waals surface area contributed by atoms with Crippen molar-refractivity contribution >= 4 is 0 Å². The van der Waals surface area contributed by atoms with Gasteiger partial charge in [-0.05, 0) is 56.5 Å². The molecule has 4 heteroatoms. The predicted octanol–water partition coefficient (Wildman–Crippen LogP) is 3.62. The first-order chi connectivity index (χ1) is 9.55. The van der Waals surface area contributed by atoms with Gasteiger partial charge in [-0.1, -0.05) is 19.9 Å². The van der Waals surface area contributed by atoms with Crippen LogP contribution in [0.2, 0.25) is 0 Å². The Kier molecular flexibility index (Phi) is 4.76. The van der Waals surface area contributed by atoms with Gasteiger partial charge in [0.25, 0.3) is 0 Å². The van der Waals surface area contributed by atoms with E-state index in [2.05, 4.69) is 18.7 Å². The molecule has 1 aromatic carbocycles. The van der Waals surface area contributed by atoms with Gasteiger partial charge in [0, 0.05) is 11.6 Å². The highest BCUT2D eigenvalue weighted by Gasteiger charge is 2.41. The van der Waals surface area contributed by atoms with E-state index in [1.807, 2.05) is 0 Å². The second kappa shape index (κ2) is 6.19. The summed E-state index contributed by atoms with van der Waals surface area (Å²) in [7, 11) is 0. The van der Waals surface area contributed by atoms with Gasteiger partial charge in [0.1, 0.15) is 0 Å². The van der Waals surface area contributed by atoms with Crippen molar-refractivity contribution in [2.24, 2.45) is 5.73 Å². The summed E-state index contributed by atoms with van der Waals surface area (Å²) in [6.07, 6.45) is 4.19. The molecule has 1 aliphatic rings. The molecule has 0 radical (unpaired) electrons. The third-order valence-corrected chi connectivity index (χ3v) is 4.84. The van der Waals surface area contributed by atoms with Gasteiger partial charge in [-0.15, -0.1) is 0 Å². The standard InChI is InChI=1S/C16H24F2N2/c1-3-16(4-2,20-9-5-6-10-20)15(19)12-7-8-13(17)14(18)11-12/h7-8,11,15H,3-6,9-10,19H2,1-2H3. The largest absolute Gasteiger partial charge is 0.322 e. The van der Waals surface area contributed by atoms with Crippen molar-refractivity contribution < 1.29 is 8.78 Å². The number of benzene rings is 1. The maximum Gasteiger partial charge on any atom is 0.159 e. The topological polar surface area (TPSA) is 29.3 Å². The zero-order chi connectivity index (χ0) is 14.8. The highest BCUT2D eigenvalue weighted by Crippen LogP contribution is 2.38. The number of rotatable bonds is 5. The van der Waals surface area contributed by atoms with Gasteiger partial charge in [-0.2, -0.15) is 0 Å². The van der Waals surface area contributed by atoms with Crippen molar-refractivity contribution in [3.8, 4) is 0 Å². The zero-order valence-electron chi connectivity index (χ0n) is 12.3. The minimum absolute atomic E-state index is 0.166. The van der Waals surface area contributed by atoms with Gasteiger partial charge in [0.2, 0.25) is 0 Å². The van der Waals surface area contributed by atoms with Gasteiger partial charge in [0.15, 0.2) is 11.6 Å². The highest BCUT2D eigenvalue weighted by atomic mass is 19.2. The van der Waals surface area contributed by atoms with Crippen LogP contribution in [0.5, 0.6) is 0 Å². The lowest BCUT2D eigenvalue weighted by Gasteiger charge is -2.45. The van der Waals surface area contributed by atoms with Crippen molar-refractivity contribution in [1.82, 2.24) is 4.90 Å². The molecule has 1 saturated heterocycles. The van der Waals surface area contributed by atoms with E-state index >= 15 is 0 Å². The molecule has 0 bridgehead atoms. The number of likely N-dealkylation sites (tertiary alicyclic amines) is 1. The molecule has 1 aliphatic heterocycles. The molecule has 0 aliphatic carbocycles. The second-order valence-corrected chi connectivity index (χ2v) is 5.66. The van der Waals surface area contributed by atoms with Crippen molar-refractivity contribution in [3.05, 3.63) is 35.4 Å². The van der Waals surface area contributed by atoms with Crippen LogP contribution in [0.15, 0.2) is 18.2 Å². The first-order valence-electron chi connectivity index (χ1n) is 7.50. The van der Waals surface area contributed by atoms with Crippen LogP contribution in [-0.2, 0) is 0 Å². The molecule has 1 aromatic rings. The number of nitrogens with two attached hydrogens (primary N) is 1. The first kappa shape index (κ1) is 15.4. The van der Waals surface area contributed by atoms with Crippen molar-refractivity contribution in [1.29, 1.82) is 0 Å². The lowest BCUT2D eigenvalue weighted by molar-refractivity contribution is 0.0765. The van der Waals surface area contributed by atoms with Crippen LogP contribution in [0.25, 0.3) is 0 Å². The highest BCUT2D eigenvalue weighted by molar-refractivity contribution is 5.25. The Morgan fingerprint density at radius 1 is 1.15 bits per heavy atom. The van der Waals surface area contributed by atoms with E-state index in [-0.39, 0.29) is 11.6 Å². The Balaban J connectivity index is 2.34. The van der Waals surface area contributed by atoms with Gasteiger partial charge >= 0.3 is 0 Å². The summed E-state index contributed by atoms with van der Waals surface area (Å²) in [4.78, 5) is 2.43. The van der Waals surface area contributed by atoms with E-state index in [1.165, 1.54) is 25.0 Å². The number of hydrogen-bond acceptors (Lipinski definition) is 2. The molecule has 2 nitrogen and oxygen atoms in total. The second-order valence-electron chi connectivity index (χ2n) is 5.66. The molecular formula is C16H24F2N2. The monoisotopic (exact) mass is 282 g/mol. The fourth-order valence-corrected chi connectivity index (χ4v) is 3.51. The molecule has 1 atom stereocenters. The Morgan fingerprint density at radius 2 is 1.75 bits per heavy atom. The molecule has 20 heavy (non-hydrogen) atoms. The van der Waals surface area contributed by atoms with Crippen molar-refractivity contribution in [2.45, 2.75) is 51.1 Å². The van der Waals surface area contributed by atoms with Gasteiger partial charge in [-0.3, -0.25) is 4.90 Å². The maximum atomic E-state index is 13.5. The summed E-state index contributed by atoms with van der Waals surface area (Å²) in [6.45, 7) is 6.33. The molecule has 1 fully saturated rings. The third kappa shape index (κ3) is 2.59. The number of halogens is 2. The zero-order valence-corrected chi connectivity index (χ0v) is 12.3. The minimum atomic E-state index is -0.819. The van der Waals surface area contributed by atoms with Gasteiger partial charge < -0.3 is 5.73 Å². The van der Waals surface area contributed by atoms with Crippen LogP contribution < -0.4 is 5.73 Å². The smallest absolute Gasteiger partial charge is 0.159 e. The molecule has 0 aromatic heterocycles. The quantitative estimate of drug-likeness (QED) is 0.893. The average Bonchev–Trinajstić information content (AvgIpc) is 2.98. The van der Waals surface area contributed by atoms with Gasteiger partial charge in [0.05, 0.1) is 0 Å². The van der Waals surface area contributed by atoms with Crippen LogP contribution in [-0.4, -0.2) is 23.5 Å². The van der Waals surface area contributed by atoms with Crippen molar-refractivity contribution in [3.63, 3.8) is 0 Å². The van der Waals surface area contributed by atoms with E-state index in [0.29, 0.717) is 5.56 Å². The van der Waals surface area contributed by atoms with Crippen LogP contribution >= 0.6 is 0 Å². The fraction of sp³-hybridized carbons (Fsp3) is 0.625. The molecule has 0 amide bonds. The van der Waals surface area contributed by atoms with E-state index in [4.69, 9.17) is 5.73 Å². The van der Waals surface area contributed by atoms with Crippen LogP contribution in [0.3, 0.4) is 0 Å². The molecule has 0 saturated carbocycles. The number of hydrogen-bond donors (Lipinski definition) is 1. The Hall–Kier alpha value is -1.00. The summed E-state index contributed by atoms with van der Waals surface area (Å²) in [5, 5.41) is 0. The predicted molar refractivity (Wildman–Crippen MR) is 77.4 cm³/mol. The molecule has 112 valence electrons. The average molecular weight is 282 g/mol. The summed E-state index contributed by atoms with van der Waals surface area (Å²) >= 11 is 0. The summed E-state index contributed by atoms with van der Waals surface area (Å²) < 4.78 is 26.6. The van der Waals surface area contributed by atoms with Crippen LogP contribution in [0, 0.1) is 11.6 Å². The van der Waals surface area contributed by atoms with E-state index < -0.39 is 11.6 Å². The molecule has 0 spiro atoms. The molecular weight excluding hydrogens is 258 g/mol. The first-order valence-corrected chi connectivity index (χ1v) is 7.50. The van der Waals surface area contributed by atoms with Crippen LogP contribution in [0.4, 0.5) is 8.78 Å². The molecule has 1 heterocycles. The Morgan fingerprint density at radius 3 is 2.25 bits per heavy atom. The normalized spacial score (nSPS) is 18.4. The van der Waals surface area contributed by atoms with E-state index in [9.17, 15) is 8.78 Å². The maximum absolute atomic E-state index is 13.5.